The van der Waals surface area contributed by atoms with Crippen LogP contribution in [0.5, 0.6) is 5.75 Å². The van der Waals surface area contributed by atoms with Crippen molar-refractivity contribution in [1.29, 1.82) is 10.5 Å². The van der Waals surface area contributed by atoms with E-state index >= 15 is 0 Å². The Morgan fingerprint density at radius 3 is 2.06 bits per heavy atom. The molecular formula is C10H3F5N2O. The van der Waals surface area contributed by atoms with Gasteiger partial charge in [-0.05, 0) is 12.1 Å². The van der Waals surface area contributed by atoms with Crippen molar-refractivity contribution in [2.75, 3.05) is 0 Å². The number of ether oxygens (including phenoxy) is 1. The van der Waals surface area contributed by atoms with Crippen LogP contribution in [0.1, 0.15) is 11.1 Å². The lowest BCUT2D eigenvalue weighted by Gasteiger charge is -2.20. The Bertz CT molecular complexity index is 539. The van der Waals surface area contributed by atoms with E-state index in [1.807, 2.05) is 0 Å². The van der Waals surface area contributed by atoms with Crippen molar-refractivity contribution in [3.8, 4) is 17.9 Å². The summed E-state index contributed by atoms with van der Waals surface area (Å²) in [7, 11) is 0. The summed E-state index contributed by atoms with van der Waals surface area (Å²) in [5, 5.41) is 17.2. The summed E-state index contributed by atoms with van der Waals surface area (Å²) in [5.41, 5.74) is -1.03. The summed E-state index contributed by atoms with van der Waals surface area (Å²) in [6.07, 6.45) is -11.4. The van der Waals surface area contributed by atoms with E-state index < -0.39 is 23.6 Å². The van der Waals surface area contributed by atoms with Crippen LogP contribution in [0.4, 0.5) is 22.0 Å². The number of alkyl halides is 5. The molecule has 0 aromatic heterocycles. The molecule has 0 saturated carbocycles. The topological polar surface area (TPSA) is 56.8 Å². The van der Waals surface area contributed by atoms with Gasteiger partial charge in [0.25, 0.3) is 0 Å². The Morgan fingerprint density at radius 1 is 1.00 bits per heavy atom. The van der Waals surface area contributed by atoms with Crippen LogP contribution in [0.25, 0.3) is 0 Å². The average Bonchev–Trinajstić information content (AvgIpc) is 2.26. The molecule has 0 radical (unpaired) electrons. The van der Waals surface area contributed by atoms with Gasteiger partial charge < -0.3 is 4.74 Å². The fourth-order valence-electron chi connectivity index (χ4n) is 1.02. The third-order valence-corrected chi connectivity index (χ3v) is 1.83. The van der Waals surface area contributed by atoms with E-state index in [-0.39, 0.29) is 5.56 Å². The SMILES string of the molecule is N#Cc1cccc(OC(F)(F)C(F)(F)F)c1C#N. The molecule has 94 valence electrons. The first-order valence-electron chi connectivity index (χ1n) is 4.29. The maximum atomic E-state index is 12.6. The van der Waals surface area contributed by atoms with Gasteiger partial charge in [-0.25, -0.2) is 0 Å². The van der Waals surface area contributed by atoms with Gasteiger partial charge in [-0.3, -0.25) is 0 Å². The van der Waals surface area contributed by atoms with Gasteiger partial charge in [0.15, 0.2) is 0 Å². The van der Waals surface area contributed by atoms with Gasteiger partial charge in [0.2, 0.25) is 0 Å². The summed E-state index contributed by atoms with van der Waals surface area (Å²) in [6, 6.07) is 5.70. The van der Waals surface area contributed by atoms with Crippen molar-refractivity contribution in [1.82, 2.24) is 0 Å². The normalized spacial score (nSPS) is 11.5. The Hall–Kier alpha value is -2.35. The second-order valence-electron chi connectivity index (χ2n) is 3.02. The van der Waals surface area contributed by atoms with Crippen LogP contribution < -0.4 is 4.74 Å². The molecule has 0 bridgehead atoms. The van der Waals surface area contributed by atoms with Crippen LogP contribution in [0.15, 0.2) is 18.2 Å². The van der Waals surface area contributed by atoms with Gasteiger partial charge in [-0.2, -0.15) is 32.5 Å². The van der Waals surface area contributed by atoms with Crippen LogP contribution >= 0.6 is 0 Å². The summed E-state index contributed by atoms with van der Waals surface area (Å²) in [5.74, 6) is -1.00. The Labute approximate surface area is 97.6 Å². The summed E-state index contributed by atoms with van der Waals surface area (Å²) in [6.45, 7) is 0. The average molecular weight is 262 g/mol. The largest absolute Gasteiger partial charge is 0.499 e. The molecule has 0 unspecified atom stereocenters. The van der Waals surface area contributed by atoms with E-state index in [4.69, 9.17) is 10.5 Å². The molecule has 0 atom stereocenters. The molecule has 0 fully saturated rings. The first-order chi connectivity index (χ1) is 8.23. The molecule has 0 N–H and O–H groups in total. The van der Waals surface area contributed by atoms with Gasteiger partial charge in [0.05, 0.1) is 5.56 Å². The number of hydrogen-bond acceptors (Lipinski definition) is 3. The molecule has 1 aromatic carbocycles. The minimum absolute atomic E-state index is 0.354. The van der Waals surface area contributed by atoms with Crippen LogP contribution in [0.3, 0.4) is 0 Å². The fraction of sp³-hybridized carbons (Fsp3) is 0.200. The predicted octanol–water partition coefficient (Wildman–Crippen LogP) is 2.96. The highest BCUT2D eigenvalue weighted by Gasteiger charge is 2.61. The summed E-state index contributed by atoms with van der Waals surface area (Å²) < 4.78 is 64.5. The third-order valence-electron chi connectivity index (χ3n) is 1.83. The van der Waals surface area contributed by atoms with Gasteiger partial charge in [-0.1, -0.05) is 6.07 Å². The van der Waals surface area contributed by atoms with E-state index in [0.29, 0.717) is 0 Å². The second-order valence-corrected chi connectivity index (χ2v) is 3.02. The monoisotopic (exact) mass is 262 g/mol. The van der Waals surface area contributed by atoms with Crippen molar-refractivity contribution in [2.24, 2.45) is 0 Å². The zero-order valence-electron chi connectivity index (χ0n) is 8.42. The zero-order chi connectivity index (χ0) is 14.0. The minimum atomic E-state index is -5.91. The summed E-state index contributed by atoms with van der Waals surface area (Å²) in [4.78, 5) is 0. The molecule has 0 aliphatic heterocycles. The van der Waals surface area contributed by atoms with Crippen molar-refractivity contribution >= 4 is 0 Å². The van der Waals surface area contributed by atoms with E-state index in [2.05, 4.69) is 4.74 Å². The molecule has 0 aliphatic rings. The fourth-order valence-corrected chi connectivity index (χ4v) is 1.02. The van der Waals surface area contributed by atoms with Gasteiger partial charge >= 0.3 is 12.3 Å². The van der Waals surface area contributed by atoms with Crippen LogP contribution in [0, 0.1) is 22.7 Å². The molecule has 3 nitrogen and oxygen atoms in total. The molecule has 0 amide bonds. The molecule has 1 rings (SSSR count). The van der Waals surface area contributed by atoms with Gasteiger partial charge in [0.1, 0.15) is 23.5 Å². The standard InChI is InChI=1S/C10H3F5N2O/c11-9(12,13)10(14,15)18-8-3-1-2-6(4-16)7(8)5-17/h1-3H. The van der Waals surface area contributed by atoms with Crippen molar-refractivity contribution in [2.45, 2.75) is 12.3 Å². The third kappa shape index (κ3) is 2.48. The van der Waals surface area contributed by atoms with Crippen LogP contribution in [-0.4, -0.2) is 12.3 Å². The van der Waals surface area contributed by atoms with E-state index in [1.165, 1.54) is 12.1 Å². The van der Waals surface area contributed by atoms with Crippen molar-refractivity contribution in [3.05, 3.63) is 29.3 Å². The summed E-state index contributed by atoms with van der Waals surface area (Å²) >= 11 is 0. The van der Waals surface area contributed by atoms with E-state index in [0.717, 1.165) is 18.2 Å². The Morgan fingerprint density at radius 2 is 1.61 bits per heavy atom. The Kier molecular flexibility index (Phi) is 3.42. The predicted molar refractivity (Wildman–Crippen MR) is 47.5 cm³/mol. The molecule has 0 aliphatic carbocycles. The molecule has 0 heterocycles. The second kappa shape index (κ2) is 4.49. The van der Waals surface area contributed by atoms with Crippen LogP contribution in [-0.2, 0) is 0 Å². The van der Waals surface area contributed by atoms with Gasteiger partial charge in [-0.15, -0.1) is 0 Å². The maximum Gasteiger partial charge on any atom is 0.499 e. The lowest BCUT2D eigenvalue weighted by Crippen LogP contribution is -2.42. The molecule has 18 heavy (non-hydrogen) atoms. The van der Waals surface area contributed by atoms with Crippen molar-refractivity contribution < 1.29 is 26.7 Å². The highest BCUT2D eigenvalue weighted by Crippen LogP contribution is 2.38. The van der Waals surface area contributed by atoms with E-state index in [9.17, 15) is 22.0 Å². The molecular weight excluding hydrogens is 259 g/mol. The maximum absolute atomic E-state index is 12.6. The lowest BCUT2D eigenvalue weighted by atomic mass is 10.1. The van der Waals surface area contributed by atoms with Crippen molar-refractivity contribution in [3.63, 3.8) is 0 Å². The molecule has 8 heteroatoms. The number of hydrogen-bond donors (Lipinski definition) is 0. The first kappa shape index (κ1) is 13.7. The first-order valence-corrected chi connectivity index (χ1v) is 4.29. The molecule has 0 spiro atoms. The highest BCUT2D eigenvalue weighted by atomic mass is 19.4. The number of nitrogens with zero attached hydrogens (tertiary/aromatic N) is 2. The minimum Gasteiger partial charge on any atom is -0.424 e. The molecule has 1 aromatic rings. The zero-order valence-corrected chi connectivity index (χ0v) is 8.42. The highest BCUT2D eigenvalue weighted by molar-refractivity contribution is 5.53. The van der Waals surface area contributed by atoms with Gasteiger partial charge in [0, 0.05) is 0 Å². The smallest absolute Gasteiger partial charge is 0.424 e. The quantitative estimate of drug-likeness (QED) is 0.770. The number of halogens is 5. The lowest BCUT2D eigenvalue weighted by molar-refractivity contribution is -0.360. The molecule has 0 saturated heterocycles. The number of nitriles is 2. The number of benzene rings is 1. The Balaban J connectivity index is 3.23. The van der Waals surface area contributed by atoms with E-state index in [1.54, 1.807) is 0 Å². The van der Waals surface area contributed by atoms with Crippen LogP contribution in [0.2, 0.25) is 0 Å². The number of rotatable bonds is 2.